The maximum absolute atomic E-state index is 11.8. The lowest BCUT2D eigenvalue weighted by atomic mass is 10.2. The van der Waals surface area contributed by atoms with Crippen LogP contribution in [0.3, 0.4) is 0 Å². The lowest BCUT2D eigenvalue weighted by Crippen LogP contribution is -2.18. The van der Waals surface area contributed by atoms with E-state index in [4.69, 9.17) is 11.6 Å². The van der Waals surface area contributed by atoms with E-state index in [0.717, 1.165) is 14.9 Å². The molecular weight excluding hydrogens is 316 g/mol. The molecule has 2 rings (SSSR count). The number of halogens is 1. The van der Waals surface area contributed by atoms with Crippen molar-refractivity contribution in [1.29, 1.82) is 0 Å². The minimum atomic E-state index is -3.43. The molecule has 1 unspecified atom stereocenters. The molecule has 1 heterocycles. The molecule has 1 atom stereocenters. The first-order valence-electron chi connectivity index (χ1n) is 5.98. The summed E-state index contributed by atoms with van der Waals surface area (Å²) in [6.07, 6.45) is 0. The monoisotopic (exact) mass is 330 g/mol. The first-order valence-corrected chi connectivity index (χ1v) is 8.65. The number of benzene rings is 1. The van der Waals surface area contributed by atoms with Gasteiger partial charge < -0.3 is 5.32 Å². The van der Waals surface area contributed by atoms with Gasteiger partial charge in [0, 0.05) is 10.6 Å². The second-order valence-electron chi connectivity index (χ2n) is 4.24. The van der Waals surface area contributed by atoms with Gasteiger partial charge >= 0.3 is 0 Å². The molecule has 0 aliphatic rings. The number of hydrogen-bond acceptors (Lipinski definition) is 4. The van der Waals surface area contributed by atoms with Crippen molar-refractivity contribution in [3.63, 3.8) is 0 Å². The summed E-state index contributed by atoms with van der Waals surface area (Å²) >= 11 is 7.42. The molecule has 2 aromatic rings. The number of nitrogens with one attached hydrogen (secondary N) is 2. The summed E-state index contributed by atoms with van der Waals surface area (Å²) in [5.74, 6) is 0. The Morgan fingerprint density at radius 3 is 2.60 bits per heavy atom. The molecule has 0 radical (unpaired) electrons. The predicted octanol–water partition coefficient (Wildman–Crippen LogP) is 3.48. The molecule has 0 fully saturated rings. The smallest absolute Gasteiger partial charge is 0.240 e. The minimum absolute atomic E-state index is 0.0556. The first kappa shape index (κ1) is 15.3. The normalized spacial score (nSPS) is 13.2. The highest BCUT2D eigenvalue weighted by Gasteiger charge is 2.13. The highest BCUT2D eigenvalue weighted by molar-refractivity contribution is 7.89. The lowest BCUT2D eigenvalue weighted by Gasteiger charge is -2.14. The molecule has 2 N–H and O–H groups in total. The fourth-order valence-corrected chi connectivity index (χ4v) is 3.59. The van der Waals surface area contributed by atoms with E-state index >= 15 is 0 Å². The quantitative estimate of drug-likeness (QED) is 0.882. The Labute approximate surface area is 127 Å². The molecule has 1 aromatic carbocycles. The van der Waals surface area contributed by atoms with Gasteiger partial charge in [0.15, 0.2) is 0 Å². The van der Waals surface area contributed by atoms with E-state index in [9.17, 15) is 8.42 Å². The van der Waals surface area contributed by atoms with Crippen LogP contribution in [-0.2, 0) is 10.0 Å². The summed E-state index contributed by atoms with van der Waals surface area (Å²) in [5, 5.41) is 3.27. The molecule has 0 spiro atoms. The summed E-state index contributed by atoms with van der Waals surface area (Å²) < 4.78 is 26.6. The van der Waals surface area contributed by atoms with Gasteiger partial charge in [-0.25, -0.2) is 13.1 Å². The highest BCUT2D eigenvalue weighted by Crippen LogP contribution is 2.29. The van der Waals surface area contributed by atoms with Crippen LogP contribution < -0.4 is 10.0 Å². The maximum Gasteiger partial charge on any atom is 0.240 e. The van der Waals surface area contributed by atoms with Crippen molar-refractivity contribution in [3.05, 3.63) is 45.6 Å². The SMILES string of the molecule is CNS(=O)(=O)c1cccc(NC(C)c2ccc(Cl)s2)c1. The van der Waals surface area contributed by atoms with Crippen LogP contribution in [0.1, 0.15) is 17.8 Å². The fourth-order valence-electron chi connectivity index (χ4n) is 1.75. The standard InChI is InChI=1S/C13H15ClN2O2S2/c1-9(12-6-7-13(14)19-12)16-10-4-3-5-11(8-10)20(17,18)15-2/h3-9,15-16H,1-2H3. The van der Waals surface area contributed by atoms with Crippen LogP contribution >= 0.6 is 22.9 Å². The second kappa shape index (κ2) is 6.13. The Balaban J connectivity index is 2.20. The van der Waals surface area contributed by atoms with Gasteiger partial charge in [-0.05, 0) is 44.3 Å². The molecular formula is C13H15ClN2O2S2. The zero-order chi connectivity index (χ0) is 14.8. The van der Waals surface area contributed by atoms with E-state index in [1.54, 1.807) is 18.2 Å². The van der Waals surface area contributed by atoms with Crippen molar-refractivity contribution >= 4 is 38.6 Å². The summed E-state index contributed by atoms with van der Waals surface area (Å²) in [6.45, 7) is 2.00. The molecule has 20 heavy (non-hydrogen) atoms. The van der Waals surface area contributed by atoms with Crippen LogP contribution in [0.15, 0.2) is 41.3 Å². The van der Waals surface area contributed by atoms with Crippen molar-refractivity contribution < 1.29 is 8.42 Å². The van der Waals surface area contributed by atoms with Crippen LogP contribution in [0.2, 0.25) is 4.34 Å². The lowest BCUT2D eigenvalue weighted by molar-refractivity contribution is 0.588. The van der Waals surface area contributed by atoms with E-state index < -0.39 is 10.0 Å². The zero-order valence-corrected chi connectivity index (χ0v) is 13.4. The van der Waals surface area contributed by atoms with Crippen molar-refractivity contribution in [1.82, 2.24) is 4.72 Å². The molecule has 4 nitrogen and oxygen atoms in total. The number of hydrogen-bond donors (Lipinski definition) is 2. The number of thiophene rings is 1. The highest BCUT2D eigenvalue weighted by atomic mass is 35.5. The Hall–Kier alpha value is -1.08. The van der Waals surface area contributed by atoms with Gasteiger partial charge in [0.2, 0.25) is 10.0 Å². The average molecular weight is 331 g/mol. The Morgan fingerprint density at radius 2 is 2.00 bits per heavy atom. The molecule has 0 aliphatic heterocycles. The van der Waals surface area contributed by atoms with Gasteiger partial charge in [-0.1, -0.05) is 17.7 Å². The van der Waals surface area contributed by atoms with Gasteiger partial charge in [0.05, 0.1) is 15.3 Å². The van der Waals surface area contributed by atoms with Gasteiger partial charge in [0.1, 0.15) is 0 Å². The Kier molecular flexibility index (Phi) is 4.70. The predicted molar refractivity (Wildman–Crippen MR) is 84.1 cm³/mol. The second-order valence-corrected chi connectivity index (χ2v) is 7.88. The molecule has 0 bridgehead atoms. The van der Waals surface area contributed by atoms with Crippen molar-refractivity contribution in [2.24, 2.45) is 0 Å². The summed E-state index contributed by atoms with van der Waals surface area (Å²) in [5.41, 5.74) is 0.748. The summed E-state index contributed by atoms with van der Waals surface area (Å²) in [7, 11) is -2.03. The molecule has 0 saturated heterocycles. The van der Waals surface area contributed by atoms with Gasteiger partial charge in [-0.3, -0.25) is 0 Å². The average Bonchev–Trinajstić information content (AvgIpc) is 2.86. The van der Waals surface area contributed by atoms with Gasteiger partial charge in [-0.2, -0.15) is 0 Å². The minimum Gasteiger partial charge on any atom is -0.378 e. The van der Waals surface area contributed by atoms with Crippen LogP contribution in [0, 0.1) is 0 Å². The summed E-state index contributed by atoms with van der Waals surface area (Å²) in [4.78, 5) is 1.33. The van der Waals surface area contributed by atoms with Crippen molar-refractivity contribution in [2.45, 2.75) is 17.9 Å². The molecule has 7 heteroatoms. The van der Waals surface area contributed by atoms with Crippen molar-refractivity contribution in [3.8, 4) is 0 Å². The van der Waals surface area contributed by atoms with Gasteiger partial charge in [-0.15, -0.1) is 11.3 Å². The molecule has 1 aromatic heterocycles. The molecule has 0 saturated carbocycles. The molecule has 0 amide bonds. The molecule has 108 valence electrons. The summed E-state index contributed by atoms with van der Waals surface area (Å²) in [6, 6.07) is 10.6. The maximum atomic E-state index is 11.8. The number of rotatable bonds is 5. The fraction of sp³-hybridized carbons (Fsp3) is 0.231. The largest absolute Gasteiger partial charge is 0.378 e. The third-order valence-electron chi connectivity index (χ3n) is 2.82. The Morgan fingerprint density at radius 1 is 1.25 bits per heavy atom. The molecule has 0 aliphatic carbocycles. The van der Waals surface area contributed by atoms with E-state index in [-0.39, 0.29) is 10.9 Å². The third-order valence-corrected chi connectivity index (χ3v) is 5.64. The number of sulfonamides is 1. The van der Waals surface area contributed by atoms with E-state index in [0.29, 0.717) is 0 Å². The van der Waals surface area contributed by atoms with E-state index in [2.05, 4.69) is 10.0 Å². The topological polar surface area (TPSA) is 58.2 Å². The zero-order valence-electron chi connectivity index (χ0n) is 11.1. The van der Waals surface area contributed by atoms with E-state index in [1.165, 1.54) is 18.4 Å². The van der Waals surface area contributed by atoms with E-state index in [1.807, 2.05) is 25.1 Å². The third kappa shape index (κ3) is 3.52. The number of anilines is 1. The Bertz CT molecular complexity index is 698. The van der Waals surface area contributed by atoms with Gasteiger partial charge in [0.25, 0.3) is 0 Å². The van der Waals surface area contributed by atoms with Crippen LogP contribution in [0.5, 0.6) is 0 Å². The van der Waals surface area contributed by atoms with Crippen LogP contribution in [-0.4, -0.2) is 15.5 Å². The van der Waals surface area contributed by atoms with Crippen LogP contribution in [0.4, 0.5) is 5.69 Å². The van der Waals surface area contributed by atoms with Crippen molar-refractivity contribution in [2.75, 3.05) is 12.4 Å². The first-order chi connectivity index (χ1) is 9.42. The van der Waals surface area contributed by atoms with Crippen LogP contribution in [0.25, 0.3) is 0 Å².